The molecule has 1 aliphatic rings. The maximum Gasteiger partial charge on any atom is 0.227 e. The van der Waals surface area contributed by atoms with E-state index >= 15 is 0 Å². The van der Waals surface area contributed by atoms with Crippen molar-refractivity contribution >= 4 is 5.91 Å². The average molecular weight is 262 g/mol. The molecule has 4 heteroatoms. The Morgan fingerprint density at radius 1 is 1.26 bits per heavy atom. The van der Waals surface area contributed by atoms with Crippen molar-refractivity contribution in [3.8, 4) is 5.75 Å². The molecule has 1 saturated heterocycles. The molecule has 104 valence electrons. The van der Waals surface area contributed by atoms with Gasteiger partial charge in [-0.05, 0) is 42.7 Å². The van der Waals surface area contributed by atoms with Gasteiger partial charge in [0.2, 0.25) is 5.91 Å². The quantitative estimate of drug-likeness (QED) is 0.892. The smallest absolute Gasteiger partial charge is 0.227 e. The van der Waals surface area contributed by atoms with Crippen LogP contribution in [0.25, 0.3) is 0 Å². The van der Waals surface area contributed by atoms with Crippen LogP contribution in [0, 0.1) is 13.8 Å². The summed E-state index contributed by atoms with van der Waals surface area (Å²) in [5.74, 6) is 1.08. The Balaban J connectivity index is 2.12. The van der Waals surface area contributed by atoms with Gasteiger partial charge in [-0.2, -0.15) is 0 Å². The van der Waals surface area contributed by atoms with Crippen molar-refractivity contribution in [2.24, 2.45) is 0 Å². The van der Waals surface area contributed by atoms with E-state index in [0.29, 0.717) is 6.42 Å². The first kappa shape index (κ1) is 13.9. The van der Waals surface area contributed by atoms with Gasteiger partial charge in [0.25, 0.3) is 0 Å². The Hall–Kier alpha value is -1.55. The van der Waals surface area contributed by atoms with Gasteiger partial charge in [0, 0.05) is 26.2 Å². The van der Waals surface area contributed by atoms with E-state index in [9.17, 15) is 4.79 Å². The summed E-state index contributed by atoms with van der Waals surface area (Å²) in [5.41, 5.74) is 3.38. The van der Waals surface area contributed by atoms with E-state index in [1.165, 1.54) is 0 Å². The van der Waals surface area contributed by atoms with Gasteiger partial charge in [0.05, 0.1) is 13.5 Å². The van der Waals surface area contributed by atoms with Crippen molar-refractivity contribution < 1.29 is 9.53 Å². The molecule has 0 aliphatic carbocycles. The highest BCUT2D eigenvalue weighted by molar-refractivity contribution is 5.79. The van der Waals surface area contributed by atoms with Gasteiger partial charge in [-0.25, -0.2) is 0 Å². The molecule has 1 amide bonds. The molecular weight excluding hydrogens is 240 g/mol. The summed E-state index contributed by atoms with van der Waals surface area (Å²) in [7, 11) is 1.67. The molecule has 1 aromatic rings. The number of nitrogens with zero attached hydrogens (tertiary/aromatic N) is 1. The van der Waals surface area contributed by atoms with Gasteiger partial charge >= 0.3 is 0 Å². The average Bonchev–Trinajstić information content (AvgIpc) is 2.43. The number of amides is 1. The van der Waals surface area contributed by atoms with Gasteiger partial charge in [0.15, 0.2) is 0 Å². The maximum absolute atomic E-state index is 12.3. The summed E-state index contributed by atoms with van der Waals surface area (Å²) in [6, 6.07) is 3.99. The zero-order valence-corrected chi connectivity index (χ0v) is 12.0. The first-order valence-electron chi connectivity index (χ1n) is 6.74. The molecule has 0 spiro atoms. The SMILES string of the molecule is COc1cc(C)c(CC(=O)N2CCNCC2)c(C)c1. The van der Waals surface area contributed by atoms with E-state index in [2.05, 4.69) is 5.32 Å². The van der Waals surface area contributed by atoms with Crippen LogP contribution < -0.4 is 10.1 Å². The monoisotopic (exact) mass is 262 g/mol. The number of carbonyl (C=O) groups excluding carboxylic acids is 1. The highest BCUT2D eigenvalue weighted by Gasteiger charge is 2.18. The maximum atomic E-state index is 12.3. The molecule has 0 atom stereocenters. The number of hydrogen-bond acceptors (Lipinski definition) is 3. The molecule has 1 aromatic carbocycles. The first-order chi connectivity index (χ1) is 9.11. The van der Waals surface area contributed by atoms with Gasteiger partial charge in [0.1, 0.15) is 5.75 Å². The number of benzene rings is 1. The number of ether oxygens (including phenoxy) is 1. The van der Waals surface area contributed by atoms with Crippen molar-refractivity contribution in [2.45, 2.75) is 20.3 Å². The molecule has 1 heterocycles. The Morgan fingerprint density at radius 3 is 2.37 bits per heavy atom. The van der Waals surface area contributed by atoms with E-state index < -0.39 is 0 Å². The standard InChI is InChI=1S/C15H22N2O2/c1-11-8-13(19-3)9-12(2)14(11)10-15(18)17-6-4-16-5-7-17/h8-9,16H,4-7,10H2,1-3H3. The third kappa shape index (κ3) is 3.26. The zero-order chi connectivity index (χ0) is 13.8. The number of hydrogen-bond donors (Lipinski definition) is 1. The number of rotatable bonds is 3. The summed E-state index contributed by atoms with van der Waals surface area (Å²) < 4.78 is 5.25. The Bertz CT molecular complexity index is 442. The minimum atomic E-state index is 0.220. The molecule has 0 bridgehead atoms. The fourth-order valence-electron chi connectivity index (χ4n) is 2.53. The lowest BCUT2D eigenvalue weighted by Crippen LogP contribution is -2.47. The molecule has 1 N–H and O–H groups in total. The highest BCUT2D eigenvalue weighted by atomic mass is 16.5. The van der Waals surface area contributed by atoms with E-state index in [1.807, 2.05) is 30.9 Å². The summed E-state index contributed by atoms with van der Waals surface area (Å²) >= 11 is 0. The zero-order valence-electron chi connectivity index (χ0n) is 12.0. The molecule has 0 unspecified atom stereocenters. The van der Waals surface area contributed by atoms with Gasteiger partial charge < -0.3 is 15.0 Å². The van der Waals surface area contributed by atoms with Crippen molar-refractivity contribution in [1.82, 2.24) is 10.2 Å². The third-order valence-corrected chi connectivity index (χ3v) is 3.70. The summed E-state index contributed by atoms with van der Waals surface area (Å²) in [4.78, 5) is 14.2. The van der Waals surface area contributed by atoms with Crippen LogP contribution in [-0.2, 0) is 11.2 Å². The van der Waals surface area contributed by atoms with Crippen LogP contribution in [0.15, 0.2) is 12.1 Å². The summed E-state index contributed by atoms with van der Waals surface area (Å²) in [5, 5.41) is 3.26. The Labute approximate surface area is 114 Å². The molecule has 0 saturated carbocycles. The molecule has 1 fully saturated rings. The summed E-state index contributed by atoms with van der Waals surface area (Å²) in [6.07, 6.45) is 0.488. The van der Waals surface area contributed by atoms with Crippen LogP contribution >= 0.6 is 0 Å². The lowest BCUT2D eigenvalue weighted by atomic mass is 9.99. The van der Waals surface area contributed by atoms with Gasteiger partial charge in [-0.15, -0.1) is 0 Å². The third-order valence-electron chi connectivity index (χ3n) is 3.70. The van der Waals surface area contributed by atoms with Crippen molar-refractivity contribution in [2.75, 3.05) is 33.3 Å². The lowest BCUT2D eigenvalue weighted by molar-refractivity contribution is -0.131. The molecule has 1 aliphatic heterocycles. The number of methoxy groups -OCH3 is 1. The van der Waals surface area contributed by atoms with Crippen LogP contribution in [0.1, 0.15) is 16.7 Å². The van der Waals surface area contributed by atoms with Gasteiger partial charge in [-0.3, -0.25) is 4.79 Å². The molecule has 2 rings (SSSR count). The molecular formula is C15H22N2O2. The predicted molar refractivity (Wildman–Crippen MR) is 75.6 cm³/mol. The predicted octanol–water partition coefficient (Wildman–Crippen LogP) is 1.29. The number of carbonyl (C=O) groups is 1. The van der Waals surface area contributed by atoms with E-state index in [1.54, 1.807) is 7.11 Å². The topological polar surface area (TPSA) is 41.6 Å². The van der Waals surface area contributed by atoms with Gasteiger partial charge in [-0.1, -0.05) is 0 Å². The molecule has 4 nitrogen and oxygen atoms in total. The van der Waals surface area contributed by atoms with Crippen LogP contribution in [-0.4, -0.2) is 44.1 Å². The van der Waals surface area contributed by atoms with Crippen molar-refractivity contribution in [1.29, 1.82) is 0 Å². The van der Waals surface area contributed by atoms with Crippen LogP contribution in [0.4, 0.5) is 0 Å². The van der Waals surface area contributed by atoms with Crippen LogP contribution in [0.2, 0.25) is 0 Å². The highest BCUT2D eigenvalue weighted by Crippen LogP contribution is 2.22. The number of nitrogens with one attached hydrogen (secondary N) is 1. The second-order valence-electron chi connectivity index (χ2n) is 5.05. The van der Waals surface area contributed by atoms with Crippen molar-refractivity contribution in [3.63, 3.8) is 0 Å². The molecule has 19 heavy (non-hydrogen) atoms. The normalized spacial score (nSPS) is 15.4. The molecule has 0 aromatic heterocycles. The minimum Gasteiger partial charge on any atom is -0.497 e. The van der Waals surface area contributed by atoms with Crippen molar-refractivity contribution in [3.05, 3.63) is 28.8 Å². The Kier molecular flexibility index (Phi) is 4.43. The van der Waals surface area contributed by atoms with E-state index in [0.717, 1.165) is 48.6 Å². The lowest BCUT2D eigenvalue weighted by Gasteiger charge is -2.28. The fourth-order valence-corrected chi connectivity index (χ4v) is 2.53. The minimum absolute atomic E-state index is 0.220. The van der Waals surface area contributed by atoms with Crippen LogP contribution in [0.5, 0.6) is 5.75 Å². The van der Waals surface area contributed by atoms with Crippen LogP contribution in [0.3, 0.4) is 0 Å². The van der Waals surface area contributed by atoms with E-state index in [-0.39, 0.29) is 5.91 Å². The number of aryl methyl sites for hydroxylation is 2. The second-order valence-corrected chi connectivity index (χ2v) is 5.05. The first-order valence-corrected chi connectivity index (χ1v) is 6.74. The summed E-state index contributed by atoms with van der Waals surface area (Å²) in [6.45, 7) is 7.49. The fraction of sp³-hybridized carbons (Fsp3) is 0.533. The van der Waals surface area contributed by atoms with E-state index in [4.69, 9.17) is 4.74 Å². The molecule has 0 radical (unpaired) electrons. The second kappa shape index (κ2) is 6.06. The number of piperazine rings is 1. The Morgan fingerprint density at radius 2 is 1.84 bits per heavy atom. The largest absolute Gasteiger partial charge is 0.497 e.